The number of nitrogens with zero attached hydrogens (tertiary/aromatic N) is 2. The summed E-state index contributed by atoms with van der Waals surface area (Å²) in [4.78, 5) is 8.55. The lowest BCUT2D eigenvalue weighted by Crippen LogP contribution is -2.00. The molecule has 0 atom stereocenters. The SMILES string of the molecule is CCCOc1cc2c(Nc3ccc(F)c(Cl)c3)ncnc2cc1OC. The van der Waals surface area contributed by atoms with Gasteiger partial charge in [-0.3, -0.25) is 0 Å². The molecule has 0 aliphatic rings. The smallest absolute Gasteiger partial charge is 0.162 e. The van der Waals surface area contributed by atoms with E-state index in [9.17, 15) is 4.39 Å². The van der Waals surface area contributed by atoms with Gasteiger partial charge in [-0.1, -0.05) is 18.5 Å². The van der Waals surface area contributed by atoms with E-state index in [1.807, 2.05) is 13.0 Å². The molecule has 130 valence electrons. The van der Waals surface area contributed by atoms with Crippen molar-refractivity contribution in [3.8, 4) is 11.5 Å². The highest BCUT2D eigenvalue weighted by Crippen LogP contribution is 2.35. The molecule has 1 aromatic heterocycles. The van der Waals surface area contributed by atoms with Crippen LogP contribution in [0.5, 0.6) is 11.5 Å². The number of hydrogen-bond donors (Lipinski definition) is 1. The largest absolute Gasteiger partial charge is 0.493 e. The van der Waals surface area contributed by atoms with Gasteiger partial charge >= 0.3 is 0 Å². The number of anilines is 2. The van der Waals surface area contributed by atoms with Crippen LogP contribution in [-0.2, 0) is 0 Å². The number of hydrogen-bond acceptors (Lipinski definition) is 5. The molecule has 0 unspecified atom stereocenters. The second-order valence-corrected chi connectivity index (χ2v) is 5.75. The fourth-order valence-corrected chi connectivity index (χ4v) is 2.54. The molecule has 0 saturated carbocycles. The van der Waals surface area contributed by atoms with Crippen molar-refractivity contribution in [2.24, 2.45) is 0 Å². The summed E-state index contributed by atoms with van der Waals surface area (Å²) in [6.45, 7) is 2.60. The van der Waals surface area contributed by atoms with Gasteiger partial charge in [-0.25, -0.2) is 14.4 Å². The fraction of sp³-hybridized carbons (Fsp3) is 0.222. The molecule has 0 amide bonds. The number of rotatable bonds is 6. The van der Waals surface area contributed by atoms with E-state index in [0.717, 1.165) is 11.8 Å². The third kappa shape index (κ3) is 3.74. The first kappa shape index (κ1) is 17.2. The first-order chi connectivity index (χ1) is 12.1. The van der Waals surface area contributed by atoms with Crippen LogP contribution in [0.15, 0.2) is 36.7 Å². The predicted molar refractivity (Wildman–Crippen MR) is 96.6 cm³/mol. The Morgan fingerprint density at radius 2 is 2.00 bits per heavy atom. The van der Waals surface area contributed by atoms with Crippen LogP contribution in [0.2, 0.25) is 5.02 Å². The summed E-state index contributed by atoms with van der Waals surface area (Å²) >= 11 is 5.84. The molecule has 0 saturated heterocycles. The van der Waals surface area contributed by atoms with E-state index in [1.165, 1.54) is 18.5 Å². The van der Waals surface area contributed by atoms with Gasteiger partial charge in [0.25, 0.3) is 0 Å². The predicted octanol–water partition coefficient (Wildman–Crippen LogP) is 4.96. The third-order valence-electron chi connectivity index (χ3n) is 3.56. The Labute approximate surface area is 149 Å². The Balaban J connectivity index is 2.03. The maximum atomic E-state index is 13.3. The molecule has 3 aromatic rings. The third-order valence-corrected chi connectivity index (χ3v) is 3.85. The highest BCUT2D eigenvalue weighted by Gasteiger charge is 2.12. The van der Waals surface area contributed by atoms with E-state index in [-0.39, 0.29) is 5.02 Å². The molecule has 7 heteroatoms. The summed E-state index contributed by atoms with van der Waals surface area (Å²) in [5.41, 5.74) is 1.32. The second kappa shape index (κ2) is 7.53. The molecule has 0 aliphatic heterocycles. The molecule has 1 N–H and O–H groups in total. The minimum atomic E-state index is -0.472. The molecular formula is C18H17ClFN3O2. The van der Waals surface area contributed by atoms with Crippen LogP contribution in [0.25, 0.3) is 10.9 Å². The zero-order valence-corrected chi connectivity index (χ0v) is 14.6. The van der Waals surface area contributed by atoms with E-state index in [1.54, 1.807) is 19.2 Å². The van der Waals surface area contributed by atoms with Gasteiger partial charge in [-0.15, -0.1) is 0 Å². The Morgan fingerprint density at radius 3 is 2.72 bits per heavy atom. The van der Waals surface area contributed by atoms with Crippen molar-refractivity contribution in [2.45, 2.75) is 13.3 Å². The Hall–Kier alpha value is -2.60. The molecule has 3 rings (SSSR count). The van der Waals surface area contributed by atoms with Crippen LogP contribution < -0.4 is 14.8 Å². The second-order valence-electron chi connectivity index (χ2n) is 5.34. The van der Waals surface area contributed by atoms with E-state index in [2.05, 4.69) is 15.3 Å². The van der Waals surface area contributed by atoms with Crippen molar-refractivity contribution >= 4 is 34.0 Å². The molecular weight excluding hydrogens is 345 g/mol. The van der Waals surface area contributed by atoms with E-state index < -0.39 is 5.82 Å². The fourth-order valence-electron chi connectivity index (χ4n) is 2.36. The average Bonchev–Trinajstić information content (AvgIpc) is 2.62. The van der Waals surface area contributed by atoms with Crippen LogP contribution in [0, 0.1) is 5.82 Å². The van der Waals surface area contributed by atoms with Gasteiger partial charge in [0.15, 0.2) is 11.5 Å². The quantitative estimate of drug-likeness (QED) is 0.672. The van der Waals surface area contributed by atoms with Crippen molar-refractivity contribution in [2.75, 3.05) is 19.0 Å². The molecule has 0 spiro atoms. The Bertz CT molecular complexity index is 905. The molecule has 5 nitrogen and oxygen atoms in total. The molecule has 0 fully saturated rings. The minimum absolute atomic E-state index is 0.0389. The van der Waals surface area contributed by atoms with Gasteiger partial charge in [0, 0.05) is 17.1 Å². The summed E-state index contributed by atoms with van der Waals surface area (Å²) in [6, 6.07) is 8.02. The standard InChI is InChI=1S/C18H17ClFN3O2/c1-3-6-25-17-8-12-15(9-16(17)24-2)21-10-22-18(12)23-11-4-5-14(20)13(19)7-11/h4-5,7-10H,3,6H2,1-2H3,(H,21,22,23). The molecule has 2 aromatic carbocycles. The van der Waals surface area contributed by atoms with Crippen molar-refractivity contribution in [3.63, 3.8) is 0 Å². The summed E-state index contributed by atoms with van der Waals surface area (Å²) in [6.07, 6.45) is 2.33. The van der Waals surface area contributed by atoms with E-state index >= 15 is 0 Å². The number of fused-ring (bicyclic) bond motifs is 1. The van der Waals surface area contributed by atoms with E-state index in [4.69, 9.17) is 21.1 Å². The zero-order valence-electron chi connectivity index (χ0n) is 13.8. The maximum Gasteiger partial charge on any atom is 0.162 e. The average molecular weight is 362 g/mol. The Morgan fingerprint density at radius 1 is 1.16 bits per heavy atom. The lowest BCUT2D eigenvalue weighted by molar-refractivity contribution is 0.295. The van der Waals surface area contributed by atoms with Crippen molar-refractivity contribution in [3.05, 3.63) is 47.5 Å². The van der Waals surface area contributed by atoms with Crippen molar-refractivity contribution in [1.29, 1.82) is 0 Å². The zero-order chi connectivity index (χ0) is 17.8. The van der Waals surface area contributed by atoms with Crippen molar-refractivity contribution < 1.29 is 13.9 Å². The monoisotopic (exact) mass is 361 g/mol. The number of halogens is 2. The van der Waals surface area contributed by atoms with Gasteiger partial charge in [-0.2, -0.15) is 0 Å². The number of ether oxygens (including phenoxy) is 2. The molecule has 0 radical (unpaired) electrons. The molecule has 25 heavy (non-hydrogen) atoms. The van der Waals surface area contributed by atoms with Crippen LogP contribution in [0.1, 0.15) is 13.3 Å². The summed E-state index contributed by atoms with van der Waals surface area (Å²) in [5, 5.41) is 3.94. The maximum absolute atomic E-state index is 13.3. The first-order valence-electron chi connectivity index (χ1n) is 7.80. The van der Waals surface area contributed by atoms with Gasteiger partial charge in [-0.05, 0) is 30.7 Å². The number of methoxy groups -OCH3 is 1. The summed E-state index contributed by atoms with van der Waals surface area (Å²) in [7, 11) is 1.58. The number of aromatic nitrogens is 2. The highest BCUT2D eigenvalue weighted by molar-refractivity contribution is 6.31. The normalized spacial score (nSPS) is 10.7. The number of nitrogens with one attached hydrogen (secondary N) is 1. The summed E-state index contributed by atoms with van der Waals surface area (Å²) < 4.78 is 24.4. The lowest BCUT2D eigenvalue weighted by atomic mass is 10.2. The lowest BCUT2D eigenvalue weighted by Gasteiger charge is -2.13. The summed E-state index contributed by atoms with van der Waals surface area (Å²) in [5.74, 6) is 1.32. The minimum Gasteiger partial charge on any atom is -0.493 e. The van der Waals surface area contributed by atoms with Crippen LogP contribution >= 0.6 is 11.6 Å². The number of benzene rings is 2. The van der Waals surface area contributed by atoms with Gasteiger partial charge in [0.1, 0.15) is 18.0 Å². The molecule has 0 bridgehead atoms. The van der Waals surface area contributed by atoms with Crippen LogP contribution in [-0.4, -0.2) is 23.7 Å². The van der Waals surface area contributed by atoms with Crippen LogP contribution in [0.4, 0.5) is 15.9 Å². The Kier molecular flexibility index (Phi) is 5.19. The van der Waals surface area contributed by atoms with Gasteiger partial charge in [0.05, 0.1) is 24.3 Å². The molecule has 0 aliphatic carbocycles. The first-order valence-corrected chi connectivity index (χ1v) is 8.17. The van der Waals surface area contributed by atoms with Gasteiger partial charge < -0.3 is 14.8 Å². The molecule has 1 heterocycles. The van der Waals surface area contributed by atoms with Crippen LogP contribution in [0.3, 0.4) is 0 Å². The van der Waals surface area contributed by atoms with E-state index in [0.29, 0.717) is 35.1 Å². The highest BCUT2D eigenvalue weighted by atomic mass is 35.5. The topological polar surface area (TPSA) is 56.3 Å². The van der Waals surface area contributed by atoms with Gasteiger partial charge in [0.2, 0.25) is 0 Å². The van der Waals surface area contributed by atoms with Crippen molar-refractivity contribution in [1.82, 2.24) is 9.97 Å².